The van der Waals surface area contributed by atoms with Crippen molar-refractivity contribution in [2.45, 2.75) is 25.8 Å². The van der Waals surface area contributed by atoms with E-state index in [-0.39, 0.29) is 5.92 Å². The average Bonchev–Trinajstić information content (AvgIpc) is 2.12. The molecule has 0 saturated carbocycles. The lowest BCUT2D eigenvalue weighted by atomic mass is 9.99. The highest BCUT2D eigenvalue weighted by Gasteiger charge is 2.15. The number of aliphatic carboxylic acids is 1. The number of carbonyl (C=O) groups is 1. The van der Waals surface area contributed by atoms with Crippen molar-refractivity contribution in [2.75, 3.05) is 13.2 Å². The lowest BCUT2D eigenvalue weighted by Crippen LogP contribution is -2.32. The molecule has 0 spiro atoms. The van der Waals surface area contributed by atoms with E-state index >= 15 is 0 Å². The fourth-order valence-electron chi connectivity index (χ4n) is 1.10. The molecule has 3 N–H and O–H groups in total. The van der Waals surface area contributed by atoms with Crippen molar-refractivity contribution >= 4 is 5.97 Å². The van der Waals surface area contributed by atoms with E-state index in [1.165, 1.54) is 0 Å². The van der Waals surface area contributed by atoms with Crippen LogP contribution in [0.15, 0.2) is 12.7 Å². The molecule has 0 unspecified atom stereocenters. The maximum Gasteiger partial charge on any atom is 0.320 e. The van der Waals surface area contributed by atoms with Gasteiger partial charge in [0.15, 0.2) is 0 Å². The first kappa shape index (κ1) is 13.1. The van der Waals surface area contributed by atoms with Crippen molar-refractivity contribution in [2.24, 2.45) is 11.7 Å². The fraction of sp³-hybridized carbons (Fsp3) is 0.700. The molecule has 0 radical (unpaired) electrons. The second kappa shape index (κ2) is 7.53. The molecule has 0 fully saturated rings. The number of hydrogen-bond acceptors (Lipinski definition) is 3. The van der Waals surface area contributed by atoms with Crippen molar-refractivity contribution in [3.8, 4) is 0 Å². The molecule has 0 aliphatic heterocycles. The topological polar surface area (TPSA) is 72.5 Å². The third kappa shape index (κ3) is 6.62. The monoisotopic (exact) mass is 201 g/mol. The van der Waals surface area contributed by atoms with Crippen LogP contribution in [0.25, 0.3) is 0 Å². The Bertz CT molecular complexity index is 182. The molecule has 0 aromatic carbocycles. The van der Waals surface area contributed by atoms with Crippen LogP contribution >= 0.6 is 0 Å². The normalized spacial score (nSPS) is 14.7. The van der Waals surface area contributed by atoms with Crippen LogP contribution in [0.4, 0.5) is 0 Å². The third-order valence-electron chi connectivity index (χ3n) is 1.96. The first-order valence-corrected chi connectivity index (χ1v) is 4.75. The van der Waals surface area contributed by atoms with Gasteiger partial charge in [-0.3, -0.25) is 4.79 Å². The first-order chi connectivity index (χ1) is 6.57. The Hall–Kier alpha value is -0.870. The van der Waals surface area contributed by atoms with E-state index in [2.05, 4.69) is 6.58 Å². The van der Waals surface area contributed by atoms with Gasteiger partial charge < -0.3 is 15.6 Å². The predicted octanol–water partition coefficient (Wildman–Crippen LogP) is 1.02. The lowest BCUT2D eigenvalue weighted by molar-refractivity contribution is -0.138. The molecule has 0 aliphatic rings. The Kier molecular flexibility index (Phi) is 7.06. The Labute approximate surface area is 84.7 Å². The smallest absolute Gasteiger partial charge is 0.320 e. The molecule has 14 heavy (non-hydrogen) atoms. The Morgan fingerprint density at radius 1 is 1.71 bits per heavy atom. The van der Waals surface area contributed by atoms with Gasteiger partial charge in [0, 0.05) is 6.61 Å². The summed E-state index contributed by atoms with van der Waals surface area (Å²) in [5.74, 6) is -0.672. The van der Waals surface area contributed by atoms with Gasteiger partial charge in [0.2, 0.25) is 0 Å². The fourth-order valence-corrected chi connectivity index (χ4v) is 1.10. The standard InChI is InChI=1S/C10H19NO3/c1-3-5-14-6-4-8(2)7-9(11)10(12)13/h3,8-9H,1,4-7,11H2,2H3,(H,12,13)/t8-,9+/m1/s1. The molecular formula is C10H19NO3. The van der Waals surface area contributed by atoms with E-state index in [0.29, 0.717) is 19.6 Å². The number of carboxylic acids is 1. The average molecular weight is 201 g/mol. The largest absolute Gasteiger partial charge is 0.480 e. The third-order valence-corrected chi connectivity index (χ3v) is 1.96. The quantitative estimate of drug-likeness (QED) is 0.454. The van der Waals surface area contributed by atoms with Crippen LogP contribution < -0.4 is 5.73 Å². The van der Waals surface area contributed by atoms with Crippen LogP contribution in [0.2, 0.25) is 0 Å². The number of hydrogen-bond donors (Lipinski definition) is 2. The molecule has 0 aromatic heterocycles. The zero-order valence-corrected chi connectivity index (χ0v) is 8.61. The zero-order valence-electron chi connectivity index (χ0n) is 8.61. The highest BCUT2D eigenvalue weighted by molar-refractivity contribution is 5.72. The maximum absolute atomic E-state index is 10.4. The summed E-state index contributed by atoms with van der Waals surface area (Å²) in [4.78, 5) is 10.4. The second-order valence-corrected chi connectivity index (χ2v) is 3.44. The molecule has 2 atom stereocenters. The molecule has 82 valence electrons. The molecule has 0 aromatic rings. The highest BCUT2D eigenvalue weighted by Crippen LogP contribution is 2.09. The number of rotatable bonds is 8. The Morgan fingerprint density at radius 3 is 2.86 bits per heavy atom. The zero-order chi connectivity index (χ0) is 11.0. The SMILES string of the molecule is C=CCOCC[C@@H](C)C[C@H](N)C(=O)O. The van der Waals surface area contributed by atoms with Crippen LogP contribution in [0.5, 0.6) is 0 Å². The summed E-state index contributed by atoms with van der Waals surface area (Å²) in [5, 5.41) is 8.57. The molecule has 0 heterocycles. The van der Waals surface area contributed by atoms with Crippen LogP contribution in [0.3, 0.4) is 0 Å². The van der Waals surface area contributed by atoms with E-state index in [1.807, 2.05) is 6.92 Å². The van der Waals surface area contributed by atoms with Crippen molar-refractivity contribution in [1.82, 2.24) is 0 Å². The Balaban J connectivity index is 3.49. The van der Waals surface area contributed by atoms with E-state index in [0.717, 1.165) is 6.42 Å². The maximum atomic E-state index is 10.4. The van der Waals surface area contributed by atoms with Gasteiger partial charge in [-0.25, -0.2) is 0 Å². The summed E-state index contributed by atoms with van der Waals surface area (Å²) in [6, 6.07) is -0.760. The molecule has 0 aliphatic carbocycles. The summed E-state index contributed by atoms with van der Waals surface area (Å²) < 4.78 is 5.19. The molecule has 0 rings (SSSR count). The van der Waals surface area contributed by atoms with Gasteiger partial charge in [0.25, 0.3) is 0 Å². The number of ether oxygens (including phenoxy) is 1. The van der Waals surface area contributed by atoms with Crippen LogP contribution in [0, 0.1) is 5.92 Å². The van der Waals surface area contributed by atoms with Crippen LogP contribution in [-0.2, 0) is 9.53 Å². The molecule has 0 bridgehead atoms. The van der Waals surface area contributed by atoms with Gasteiger partial charge in [-0.15, -0.1) is 6.58 Å². The first-order valence-electron chi connectivity index (χ1n) is 4.75. The van der Waals surface area contributed by atoms with Gasteiger partial charge in [0.05, 0.1) is 6.61 Å². The van der Waals surface area contributed by atoms with Gasteiger partial charge in [-0.1, -0.05) is 13.0 Å². The van der Waals surface area contributed by atoms with Crippen molar-refractivity contribution in [3.63, 3.8) is 0 Å². The van der Waals surface area contributed by atoms with E-state index < -0.39 is 12.0 Å². The minimum absolute atomic E-state index is 0.269. The predicted molar refractivity (Wildman–Crippen MR) is 55.0 cm³/mol. The second-order valence-electron chi connectivity index (χ2n) is 3.44. The van der Waals surface area contributed by atoms with Crippen LogP contribution in [0.1, 0.15) is 19.8 Å². The highest BCUT2D eigenvalue weighted by atomic mass is 16.5. The van der Waals surface area contributed by atoms with Gasteiger partial charge in [-0.05, 0) is 18.8 Å². The summed E-state index contributed by atoms with van der Waals surface area (Å²) in [6.45, 7) is 6.66. The minimum atomic E-state index is -0.941. The van der Waals surface area contributed by atoms with Gasteiger partial charge in [-0.2, -0.15) is 0 Å². The molecule has 0 saturated heterocycles. The van der Waals surface area contributed by atoms with Crippen molar-refractivity contribution < 1.29 is 14.6 Å². The van der Waals surface area contributed by atoms with Crippen molar-refractivity contribution in [1.29, 1.82) is 0 Å². The van der Waals surface area contributed by atoms with E-state index in [1.54, 1.807) is 6.08 Å². The molecule has 0 amide bonds. The summed E-state index contributed by atoms with van der Waals surface area (Å²) in [6.07, 6.45) is 3.01. The molecule has 4 nitrogen and oxygen atoms in total. The summed E-state index contributed by atoms with van der Waals surface area (Å²) in [5.41, 5.74) is 5.39. The van der Waals surface area contributed by atoms with Crippen LogP contribution in [-0.4, -0.2) is 30.3 Å². The van der Waals surface area contributed by atoms with E-state index in [4.69, 9.17) is 15.6 Å². The van der Waals surface area contributed by atoms with Gasteiger partial charge >= 0.3 is 5.97 Å². The van der Waals surface area contributed by atoms with E-state index in [9.17, 15) is 4.79 Å². The minimum Gasteiger partial charge on any atom is -0.480 e. The molecule has 4 heteroatoms. The number of nitrogens with two attached hydrogens (primary N) is 1. The van der Waals surface area contributed by atoms with Gasteiger partial charge in [0.1, 0.15) is 6.04 Å². The summed E-state index contributed by atoms with van der Waals surface area (Å²) in [7, 11) is 0. The number of carboxylic acid groups (broad SMARTS) is 1. The molecular weight excluding hydrogens is 182 g/mol. The van der Waals surface area contributed by atoms with Crippen molar-refractivity contribution in [3.05, 3.63) is 12.7 Å². The summed E-state index contributed by atoms with van der Waals surface area (Å²) >= 11 is 0. The Morgan fingerprint density at radius 2 is 2.36 bits per heavy atom. The lowest BCUT2D eigenvalue weighted by Gasteiger charge is -2.13.